The van der Waals surface area contributed by atoms with E-state index in [4.69, 9.17) is 34.9 Å². The molecule has 0 aliphatic heterocycles. The molecule has 0 heterocycles. The molecular weight excluding hydrogens is 868 g/mol. The first kappa shape index (κ1) is 75.7. The van der Waals surface area contributed by atoms with Crippen molar-refractivity contribution in [3.8, 4) is 11.1 Å². The number of carboxylic acids is 2. The maximum absolute atomic E-state index is 9.00. The van der Waals surface area contributed by atoms with Gasteiger partial charge in [0.2, 0.25) is 0 Å². The van der Waals surface area contributed by atoms with Crippen molar-refractivity contribution in [1.82, 2.24) is 0 Å². The van der Waals surface area contributed by atoms with Crippen LogP contribution in [0.15, 0.2) is 121 Å². The van der Waals surface area contributed by atoms with E-state index in [2.05, 4.69) is 95.3 Å². The van der Waals surface area contributed by atoms with Gasteiger partial charge in [0.05, 0.1) is 26.2 Å². The van der Waals surface area contributed by atoms with E-state index in [1.165, 1.54) is 111 Å². The number of quaternary nitrogens is 1. The molecular formula is C52H94BNO7Pd. The molecule has 8 nitrogen and oxygen atoms in total. The van der Waals surface area contributed by atoms with E-state index in [0.29, 0.717) is 0 Å². The van der Waals surface area contributed by atoms with Gasteiger partial charge in [0.15, 0.2) is 0 Å². The Morgan fingerprint density at radius 1 is 0.468 bits per heavy atom. The molecule has 4 rings (SSSR count). The normalized spacial score (nSPS) is 9.00. The van der Waals surface area contributed by atoms with E-state index >= 15 is 0 Å². The summed E-state index contributed by atoms with van der Waals surface area (Å²) in [5.74, 6) is -1.67. The zero-order valence-electron chi connectivity index (χ0n) is 38.4. The van der Waals surface area contributed by atoms with E-state index in [-0.39, 0.29) is 48.2 Å². The summed E-state index contributed by atoms with van der Waals surface area (Å²) in [7, 11) is 0. The number of aryl methyl sites for hydroxylation is 1. The van der Waals surface area contributed by atoms with Crippen molar-refractivity contribution in [2.45, 2.75) is 150 Å². The smallest absolute Gasteiger partial charge is 0.402 e. The molecule has 0 aliphatic rings. The molecule has 10 heteroatoms. The van der Waals surface area contributed by atoms with Crippen molar-refractivity contribution in [2.75, 3.05) is 26.2 Å². The van der Waals surface area contributed by atoms with Crippen LogP contribution in [0.3, 0.4) is 0 Å². The van der Waals surface area contributed by atoms with Crippen LogP contribution in [0, 0.1) is 6.92 Å². The molecule has 0 aliphatic carbocycles. The Hall–Kier alpha value is -3.61. The number of benzene rings is 4. The quantitative estimate of drug-likeness (QED) is 0.0627. The number of carboxylic acid groups (broad SMARTS) is 2. The molecule has 0 fully saturated rings. The van der Waals surface area contributed by atoms with Crippen LogP contribution in [0.1, 0.15) is 148 Å². The molecule has 0 amide bonds. The second kappa shape index (κ2) is 53.5. The predicted molar refractivity (Wildman–Crippen MR) is 270 cm³/mol. The number of unbranched alkanes of at least 4 members (excludes halogenated alkanes) is 4. The van der Waals surface area contributed by atoms with Gasteiger partial charge < -0.3 is 29.8 Å². The fourth-order valence-corrected chi connectivity index (χ4v) is 5.15. The summed E-state index contributed by atoms with van der Waals surface area (Å²) < 4.78 is 1.42. The van der Waals surface area contributed by atoms with Crippen LogP contribution in [-0.2, 0) is 30.0 Å². The summed E-state index contributed by atoms with van der Waals surface area (Å²) in [6.07, 6.45) is 11.1. The second-order valence-corrected chi connectivity index (χ2v) is 13.2. The van der Waals surface area contributed by atoms with Gasteiger partial charge in [-0.05, 0) is 43.7 Å². The van der Waals surface area contributed by atoms with Crippen LogP contribution in [-0.4, -0.2) is 74.6 Å². The third kappa shape index (κ3) is 50.7. The maximum atomic E-state index is 9.00. The van der Waals surface area contributed by atoms with Crippen LogP contribution < -0.4 is 5.46 Å². The molecule has 0 radical (unpaired) electrons. The Bertz CT molecular complexity index is 1330. The van der Waals surface area contributed by atoms with Gasteiger partial charge in [0.25, 0.3) is 11.9 Å². The van der Waals surface area contributed by atoms with Crippen molar-refractivity contribution < 1.29 is 59.8 Å². The van der Waals surface area contributed by atoms with Crippen molar-refractivity contribution in [3.05, 3.63) is 127 Å². The number of nitrogens with zero attached hydrogens (tertiary/aromatic N) is 1. The third-order valence-corrected chi connectivity index (χ3v) is 8.01. The zero-order valence-corrected chi connectivity index (χ0v) is 40.0. The Morgan fingerprint density at radius 2 is 0.677 bits per heavy atom. The average Bonchev–Trinajstić information content (AvgIpc) is 3.23. The maximum Gasteiger partial charge on any atom is 0.402 e. The fraction of sp³-hybridized carbons (Fsp3) is 0.500. The number of hydrogen-bond acceptors (Lipinski definition) is 5. The minimum absolute atomic E-state index is 0. The van der Waals surface area contributed by atoms with Gasteiger partial charge in [-0.15, -0.1) is 5.46 Å². The zero-order chi connectivity index (χ0) is 45.1. The molecule has 0 saturated heterocycles. The van der Waals surface area contributed by atoms with Gasteiger partial charge in [-0.3, -0.25) is 9.59 Å². The number of aliphatic carboxylic acids is 2. The van der Waals surface area contributed by atoms with Crippen LogP contribution in [0.4, 0.5) is 0 Å². The molecule has 0 bridgehead atoms. The van der Waals surface area contributed by atoms with Crippen LogP contribution in [0.5, 0.6) is 0 Å². The number of hydrogen-bond donors (Lipinski definition) is 5. The van der Waals surface area contributed by atoms with Crippen LogP contribution in [0.25, 0.3) is 11.1 Å². The summed E-state index contributed by atoms with van der Waals surface area (Å²) in [5, 5.41) is 40.8. The second-order valence-electron chi connectivity index (χ2n) is 13.2. The van der Waals surface area contributed by atoms with E-state index in [0.717, 1.165) is 13.8 Å². The molecule has 0 spiro atoms. The third-order valence-electron chi connectivity index (χ3n) is 8.01. The molecule has 62 heavy (non-hydrogen) atoms. The Labute approximate surface area is 396 Å². The molecule has 0 atom stereocenters. The first-order valence-corrected chi connectivity index (χ1v) is 21.4. The van der Waals surface area contributed by atoms with Gasteiger partial charge in [0.1, 0.15) is 0 Å². The first-order valence-electron chi connectivity index (χ1n) is 21.4. The van der Waals surface area contributed by atoms with E-state index in [1.807, 2.05) is 58.0 Å². The molecule has 0 aromatic heterocycles. The average molecular weight is 963 g/mol. The summed E-state index contributed by atoms with van der Waals surface area (Å²) in [6.45, 7) is 24.0. The van der Waals surface area contributed by atoms with Gasteiger partial charge >= 0.3 is 6.75 Å². The van der Waals surface area contributed by atoms with Gasteiger partial charge in [-0.25, -0.2) is 0 Å². The summed E-state index contributed by atoms with van der Waals surface area (Å²) in [5.41, 5.74) is 4.00. The van der Waals surface area contributed by atoms with Crippen LogP contribution >= 0.6 is 0 Å². The molecule has 4 aromatic rings. The largest absolute Gasteiger partial charge is 0.556 e. The Balaban J connectivity index is -0.0000000965. The standard InChI is InChI=1S/C16H36N.C12H10.C7H8.C6H8BO3.2C2H4O2.2C2H6.3CH4.Pd/c1-5-9-13-17(14-10-6-2,15-11-7-3)16-12-8-4;1-3-7-11(8-4-1)12-9-5-2-6-10-12;1-7-5-3-2-4-6-7;8-7(9,10)6-4-2-1-3-5-6;2*1-2(3)4;2*1-2;;;;/h5-16H2,1-4H3;1-10H;2-6H,1H3;1-5,8-10H;2*1H3,(H,3,4);2*1-2H3;3*1H4;/q+1;;;-1;;;;;;;;. The van der Waals surface area contributed by atoms with E-state index in [1.54, 1.807) is 18.2 Å². The summed E-state index contributed by atoms with van der Waals surface area (Å²) in [6, 6.07) is 38.9. The van der Waals surface area contributed by atoms with Crippen molar-refractivity contribution in [1.29, 1.82) is 0 Å². The van der Waals surface area contributed by atoms with Gasteiger partial charge in [0, 0.05) is 34.3 Å². The predicted octanol–water partition coefficient (Wildman–Crippen LogP) is 13.3. The minimum Gasteiger partial charge on any atom is -0.556 e. The van der Waals surface area contributed by atoms with Crippen molar-refractivity contribution >= 4 is 24.2 Å². The molecule has 362 valence electrons. The summed E-state index contributed by atoms with van der Waals surface area (Å²) >= 11 is 0. The molecule has 0 saturated carbocycles. The first-order chi connectivity index (χ1) is 27.7. The Kier molecular flexibility index (Phi) is 65.4. The monoisotopic (exact) mass is 962 g/mol. The van der Waals surface area contributed by atoms with Gasteiger partial charge in [-0.2, -0.15) is 0 Å². The van der Waals surface area contributed by atoms with Crippen molar-refractivity contribution in [2.24, 2.45) is 0 Å². The molecule has 4 aromatic carbocycles. The van der Waals surface area contributed by atoms with Crippen LogP contribution in [0.2, 0.25) is 0 Å². The van der Waals surface area contributed by atoms with E-state index < -0.39 is 18.7 Å². The Morgan fingerprint density at radius 3 is 0.839 bits per heavy atom. The summed E-state index contributed by atoms with van der Waals surface area (Å²) in [4.78, 5) is 18.0. The van der Waals surface area contributed by atoms with Crippen molar-refractivity contribution in [3.63, 3.8) is 0 Å². The SMILES string of the molecule is C.C.C.CC.CC.CC(=O)O.CC(=O)O.CCCC[N+](CCCC)(CCCC)CCCC.Cc1ccccc1.O[B-](O)(O)c1ccccc1.[Pd].c1ccc(-c2ccccc2)cc1. The molecule has 0 unspecified atom stereocenters. The van der Waals surface area contributed by atoms with Gasteiger partial charge in [-0.1, -0.05) is 230 Å². The molecule has 5 N–H and O–H groups in total. The fourth-order valence-electron chi connectivity index (χ4n) is 5.15. The topological polar surface area (TPSA) is 135 Å². The number of carbonyl (C=O) groups is 2. The van der Waals surface area contributed by atoms with E-state index in [9.17, 15) is 0 Å². The minimum atomic E-state index is -3.30. The number of rotatable bonds is 14.